The lowest BCUT2D eigenvalue weighted by molar-refractivity contribution is 0.111. The summed E-state index contributed by atoms with van der Waals surface area (Å²) >= 11 is 0. The highest BCUT2D eigenvalue weighted by molar-refractivity contribution is 6.14. The van der Waals surface area contributed by atoms with Gasteiger partial charge in [-0.2, -0.15) is 0 Å². The molecule has 0 amide bonds. The molecule has 2 heteroatoms. The van der Waals surface area contributed by atoms with Gasteiger partial charge in [0.1, 0.15) is 0 Å². The van der Waals surface area contributed by atoms with Crippen LogP contribution in [0, 0.1) is 5.41 Å². The van der Waals surface area contributed by atoms with Crippen LogP contribution in [0.25, 0.3) is 0 Å². The average Bonchev–Trinajstić information content (AvgIpc) is 1.64. The molecule has 0 saturated heterocycles. The van der Waals surface area contributed by atoms with Crippen molar-refractivity contribution in [2.24, 2.45) is 5.41 Å². The maximum absolute atomic E-state index is 13.4. The summed E-state index contributed by atoms with van der Waals surface area (Å²) in [7, 11) is 0.641. The Labute approximate surface area is 60.3 Å². The van der Waals surface area contributed by atoms with Gasteiger partial charge >= 0.3 is 0 Å². The van der Waals surface area contributed by atoms with Crippen molar-refractivity contribution in [2.75, 3.05) is 0 Å². The molecule has 0 saturated carbocycles. The van der Waals surface area contributed by atoms with Crippen molar-refractivity contribution in [1.29, 1.82) is 0 Å². The Morgan fingerprint density at radius 3 is 1.67 bits per heavy atom. The summed E-state index contributed by atoms with van der Waals surface area (Å²) in [5.74, 6) is 0. The zero-order chi connectivity index (χ0) is 7.71. The van der Waals surface area contributed by atoms with E-state index in [1.165, 1.54) is 0 Å². The monoisotopic (exact) mass is 148 g/mol. The normalized spacial score (nSPS) is 19.7. The smallest absolute Gasteiger partial charge is 0.0940 e. The number of hydrogen-bond acceptors (Lipinski definition) is 0. The summed E-state index contributed by atoms with van der Waals surface area (Å²) in [5, 5.41) is -0.882. The third kappa shape index (κ3) is 2.09. The number of halogens is 1. The summed E-state index contributed by atoms with van der Waals surface area (Å²) in [4.78, 5) is 0. The van der Waals surface area contributed by atoms with Gasteiger partial charge in [0, 0.05) is 0 Å². The Kier molecular flexibility index (Phi) is 2.45. The minimum Gasteiger partial charge on any atom is -0.248 e. The van der Waals surface area contributed by atoms with Gasteiger partial charge in [0.05, 0.1) is 15.5 Å². The molecule has 0 bridgehead atoms. The van der Waals surface area contributed by atoms with E-state index in [1.807, 2.05) is 27.7 Å². The van der Waals surface area contributed by atoms with Crippen molar-refractivity contribution in [2.45, 2.75) is 39.4 Å². The Bertz CT molecular complexity index is 91.6. The number of rotatable bonds is 1. The Morgan fingerprint density at radius 1 is 1.33 bits per heavy atom. The number of alkyl halides is 1. The van der Waals surface area contributed by atoms with Crippen molar-refractivity contribution in [3.05, 3.63) is 0 Å². The first-order chi connectivity index (χ1) is 3.81. The van der Waals surface area contributed by atoms with Crippen LogP contribution in [-0.2, 0) is 0 Å². The predicted octanol–water partition coefficient (Wildman–Crippen LogP) is 1.47. The lowest BCUT2D eigenvalue weighted by Gasteiger charge is -2.33. The van der Waals surface area contributed by atoms with Gasteiger partial charge < -0.3 is 0 Å². The average molecular weight is 148 g/mol. The van der Waals surface area contributed by atoms with Gasteiger partial charge in [0.25, 0.3) is 0 Å². The van der Waals surface area contributed by atoms with Crippen molar-refractivity contribution < 1.29 is 4.39 Å². The first-order valence-electron chi connectivity index (χ1n) is 3.50. The van der Waals surface area contributed by atoms with Gasteiger partial charge in [-0.1, -0.05) is 27.7 Å². The van der Waals surface area contributed by atoms with Gasteiger partial charge in [0.2, 0.25) is 0 Å². The summed E-state index contributed by atoms with van der Waals surface area (Å²) in [6.07, 6.45) is 0.655. The van der Waals surface area contributed by atoms with E-state index in [4.69, 9.17) is 0 Å². The quantitative estimate of drug-likeness (QED) is 0.494. The molecule has 0 aromatic heterocycles. The van der Waals surface area contributed by atoms with Gasteiger partial charge in [-0.3, -0.25) is 0 Å². The number of hydrogen-bond donors (Lipinski definition) is 0. The maximum atomic E-state index is 13.4. The van der Waals surface area contributed by atoms with E-state index in [-0.39, 0.29) is 5.41 Å². The molecule has 0 aliphatic rings. The van der Waals surface area contributed by atoms with Crippen molar-refractivity contribution in [3.63, 3.8) is 0 Å². The van der Waals surface area contributed by atoms with E-state index in [9.17, 15) is 4.39 Å². The molecule has 0 rings (SSSR count). The molecule has 0 aliphatic heterocycles. The topological polar surface area (TPSA) is 0 Å². The van der Waals surface area contributed by atoms with Crippen LogP contribution in [0.5, 0.6) is 0 Å². The zero-order valence-corrected chi connectivity index (χ0v) is 9.09. The fourth-order valence-corrected chi connectivity index (χ4v) is 0.530. The Morgan fingerprint density at radius 2 is 1.67 bits per heavy atom. The highest BCUT2D eigenvalue weighted by Gasteiger charge is 2.34. The molecule has 0 aliphatic carbocycles. The second kappa shape index (κ2) is 2.41. The summed E-state index contributed by atoms with van der Waals surface area (Å²) in [5.41, 5.74) is -0.159. The summed E-state index contributed by atoms with van der Waals surface area (Å²) in [6.45, 7) is 7.80. The van der Waals surface area contributed by atoms with Crippen molar-refractivity contribution in [3.8, 4) is 0 Å². The molecule has 0 aromatic carbocycles. The molecule has 0 radical (unpaired) electrons. The fraction of sp³-hybridized carbons (Fsp3) is 1.00. The molecule has 1 atom stereocenters. The second-order valence-electron chi connectivity index (χ2n) is 3.80. The van der Waals surface area contributed by atoms with Crippen molar-refractivity contribution >= 4 is 10.2 Å². The van der Waals surface area contributed by atoms with Crippen LogP contribution in [0.15, 0.2) is 0 Å². The van der Waals surface area contributed by atoms with Crippen LogP contribution >= 0.6 is 0 Å². The van der Waals surface area contributed by atoms with E-state index in [2.05, 4.69) is 0 Å². The Hall–Kier alpha value is 0.147. The molecule has 0 nitrogen and oxygen atoms in total. The zero-order valence-electron chi connectivity index (χ0n) is 7.09. The fourth-order valence-electron chi connectivity index (χ4n) is 0.530. The molecule has 0 aromatic rings. The van der Waals surface area contributed by atoms with Gasteiger partial charge in [-0.05, 0) is 11.8 Å². The lowest BCUT2D eigenvalue weighted by Crippen LogP contribution is -2.38. The standard InChI is InChI=1S/C7H17FSi/c1-5-7(8,9)6(2,3)4/h5H2,1-4,9H3. The van der Waals surface area contributed by atoms with E-state index >= 15 is 0 Å². The first-order valence-corrected chi connectivity index (χ1v) is 4.50. The van der Waals surface area contributed by atoms with Gasteiger partial charge in [-0.15, -0.1) is 0 Å². The minimum absolute atomic E-state index is 0.159. The SMILES string of the molecule is CCC(F)([SiH3])C(C)(C)C. The van der Waals surface area contributed by atoms with E-state index < -0.39 is 5.29 Å². The predicted molar refractivity (Wildman–Crippen MR) is 43.5 cm³/mol. The highest BCUT2D eigenvalue weighted by atomic mass is 28.1. The van der Waals surface area contributed by atoms with Crippen molar-refractivity contribution in [1.82, 2.24) is 0 Å². The van der Waals surface area contributed by atoms with Crippen LogP contribution < -0.4 is 0 Å². The second-order valence-corrected chi connectivity index (χ2v) is 5.39. The molecule has 0 heterocycles. The molecule has 0 fully saturated rings. The molecule has 0 N–H and O–H groups in total. The first kappa shape index (κ1) is 9.15. The summed E-state index contributed by atoms with van der Waals surface area (Å²) in [6, 6.07) is 0. The largest absolute Gasteiger partial charge is 0.248 e. The molecular formula is C7H17FSi. The van der Waals surface area contributed by atoms with E-state index in [0.29, 0.717) is 16.7 Å². The van der Waals surface area contributed by atoms with Crippen LogP contribution in [0.2, 0.25) is 0 Å². The minimum atomic E-state index is -0.882. The summed E-state index contributed by atoms with van der Waals surface area (Å²) < 4.78 is 13.4. The van der Waals surface area contributed by atoms with Crippen LogP contribution in [0.4, 0.5) is 4.39 Å². The third-order valence-electron chi connectivity index (χ3n) is 2.23. The van der Waals surface area contributed by atoms with Crippen LogP contribution in [0.1, 0.15) is 34.1 Å². The lowest BCUT2D eigenvalue weighted by atomic mass is 9.88. The molecular weight excluding hydrogens is 131 g/mol. The maximum Gasteiger partial charge on any atom is 0.0940 e. The van der Waals surface area contributed by atoms with Gasteiger partial charge in [0.15, 0.2) is 0 Å². The third-order valence-corrected chi connectivity index (χ3v) is 4.43. The van der Waals surface area contributed by atoms with Gasteiger partial charge in [-0.25, -0.2) is 4.39 Å². The highest BCUT2D eigenvalue weighted by Crippen LogP contribution is 2.33. The molecule has 0 spiro atoms. The molecule has 9 heavy (non-hydrogen) atoms. The van der Waals surface area contributed by atoms with E-state index in [1.54, 1.807) is 0 Å². The Balaban J connectivity index is 4.14. The van der Waals surface area contributed by atoms with E-state index in [0.717, 1.165) is 0 Å². The van der Waals surface area contributed by atoms with Crippen LogP contribution in [0.3, 0.4) is 0 Å². The molecule has 56 valence electrons. The van der Waals surface area contributed by atoms with Crippen LogP contribution in [-0.4, -0.2) is 15.5 Å². The molecule has 1 unspecified atom stereocenters.